The van der Waals surface area contributed by atoms with E-state index < -0.39 is 4.92 Å². The number of nitro groups is 1. The SMILES string of the molecule is O=Cc1ccc(Oc2ccc(Cl)cc2Br)c([N+](=O)[O-])c1. The summed E-state index contributed by atoms with van der Waals surface area (Å²) < 4.78 is 6.06. The van der Waals surface area contributed by atoms with Gasteiger partial charge in [-0.05, 0) is 46.3 Å². The Hall–Kier alpha value is -1.92. The molecular weight excluding hydrogens is 350 g/mol. The van der Waals surface area contributed by atoms with E-state index in [1.807, 2.05) is 0 Å². The number of hydrogen-bond donors (Lipinski definition) is 0. The molecule has 7 heteroatoms. The van der Waals surface area contributed by atoms with Gasteiger partial charge in [-0.25, -0.2) is 0 Å². The van der Waals surface area contributed by atoms with Gasteiger partial charge in [0, 0.05) is 16.7 Å². The van der Waals surface area contributed by atoms with Gasteiger partial charge in [0.1, 0.15) is 12.0 Å². The van der Waals surface area contributed by atoms with Crippen LogP contribution in [-0.4, -0.2) is 11.2 Å². The number of rotatable bonds is 4. The Labute approximate surface area is 127 Å². The summed E-state index contributed by atoms with van der Waals surface area (Å²) in [5.74, 6) is 0.431. The normalized spacial score (nSPS) is 10.1. The lowest BCUT2D eigenvalue weighted by atomic mass is 10.2. The molecule has 0 N–H and O–H groups in total. The van der Waals surface area contributed by atoms with E-state index in [-0.39, 0.29) is 17.0 Å². The van der Waals surface area contributed by atoms with E-state index in [1.165, 1.54) is 12.1 Å². The standard InChI is InChI=1S/C13H7BrClNO4/c14-10-6-9(15)2-4-12(10)20-13-3-1-8(7-17)5-11(13)16(18)19/h1-7H. The van der Waals surface area contributed by atoms with Gasteiger partial charge in [0.05, 0.1) is 9.40 Å². The van der Waals surface area contributed by atoms with Crippen molar-refractivity contribution in [2.24, 2.45) is 0 Å². The highest BCUT2D eigenvalue weighted by molar-refractivity contribution is 9.10. The van der Waals surface area contributed by atoms with E-state index in [4.69, 9.17) is 16.3 Å². The van der Waals surface area contributed by atoms with Crippen molar-refractivity contribution < 1.29 is 14.5 Å². The zero-order chi connectivity index (χ0) is 14.7. The van der Waals surface area contributed by atoms with Crippen LogP contribution in [0.3, 0.4) is 0 Å². The lowest BCUT2D eigenvalue weighted by Crippen LogP contribution is -1.95. The molecule has 102 valence electrons. The van der Waals surface area contributed by atoms with Crippen LogP contribution in [0.25, 0.3) is 0 Å². The fraction of sp³-hybridized carbons (Fsp3) is 0. The van der Waals surface area contributed by atoms with Crippen LogP contribution in [0.5, 0.6) is 11.5 Å². The molecule has 2 rings (SSSR count). The third-order valence-corrected chi connectivity index (χ3v) is 3.28. The summed E-state index contributed by atoms with van der Waals surface area (Å²) >= 11 is 9.07. The molecule has 0 saturated heterocycles. The Balaban J connectivity index is 2.42. The Kier molecular flexibility index (Phi) is 4.36. The fourth-order valence-electron chi connectivity index (χ4n) is 1.51. The van der Waals surface area contributed by atoms with Crippen LogP contribution in [0.1, 0.15) is 10.4 Å². The Bertz CT molecular complexity index is 690. The van der Waals surface area contributed by atoms with E-state index in [0.29, 0.717) is 21.5 Å². The van der Waals surface area contributed by atoms with Crippen molar-refractivity contribution >= 4 is 39.5 Å². The average Bonchev–Trinajstić information content (AvgIpc) is 2.42. The third-order valence-electron chi connectivity index (χ3n) is 2.43. The fourth-order valence-corrected chi connectivity index (χ4v) is 2.28. The van der Waals surface area contributed by atoms with Crippen molar-refractivity contribution in [3.8, 4) is 11.5 Å². The predicted molar refractivity (Wildman–Crippen MR) is 77.7 cm³/mol. The molecule has 2 aromatic rings. The second-order valence-electron chi connectivity index (χ2n) is 3.78. The maximum atomic E-state index is 11.0. The summed E-state index contributed by atoms with van der Waals surface area (Å²) in [6.07, 6.45) is 0.537. The number of nitrogens with zero attached hydrogens (tertiary/aromatic N) is 1. The van der Waals surface area contributed by atoms with Gasteiger partial charge < -0.3 is 4.74 Å². The predicted octanol–water partition coefficient (Wildman–Crippen LogP) is 4.62. The highest BCUT2D eigenvalue weighted by Gasteiger charge is 2.17. The van der Waals surface area contributed by atoms with Gasteiger partial charge in [-0.3, -0.25) is 14.9 Å². The first-order valence-corrected chi connectivity index (χ1v) is 6.55. The summed E-state index contributed by atoms with van der Waals surface area (Å²) in [7, 11) is 0. The number of hydrogen-bond acceptors (Lipinski definition) is 4. The molecule has 0 spiro atoms. The van der Waals surface area contributed by atoms with E-state index in [2.05, 4.69) is 15.9 Å². The van der Waals surface area contributed by atoms with Crippen molar-refractivity contribution in [2.45, 2.75) is 0 Å². The Morgan fingerprint density at radius 2 is 1.90 bits per heavy atom. The number of carbonyl (C=O) groups is 1. The zero-order valence-electron chi connectivity index (χ0n) is 9.88. The second-order valence-corrected chi connectivity index (χ2v) is 5.07. The summed E-state index contributed by atoms with van der Waals surface area (Å²) in [6, 6.07) is 8.79. The molecule has 0 aliphatic rings. The van der Waals surface area contributed by atoms with E-state index in [0.717, 1.165) is 6.07 Å². The minimum Gasteiger partial charge on any atom is -0.449 e. The summed E-state index contributed by atoms with van der Waals surface area (Å²) in [4.78, 5) is 21.0. The number of aldehydes is 1. The van der Waals surface area contributed by atoms with Gasteiger partial charge in [-0.15, -0.1) is 0 Å². The van der Waals surface area contributed by atoms with Crippen molar-refractivity contribution in [3.05, 3.63) is 61.6 Å². The quantitative estimate of drug-likeness (QED) is 0.455. The third kappa shape index (κ3) is 3.15. The molecule has 0 radical (unpaired) electrons. The molecular formula is C13H7BrClNO4. The molecule has 0 aliphatic heterocycles. The lowest BCUT2D eigenvalue weighted by Gasteiger charge is -2.08. The van der Waals surface area contributed by atoms with Crippen LogP contribution >= 0.6 is 27.5 Å². The number of nitro benzene ring substituents is 1. The molecule has 0 fully saturated rings. The van der Waals surface area contributed by atoms with E-state index in [9.17, 15) is 14.9 Å². The molecule has 0 bridgehead atoms. The molecule has 0 heterocycles. The summed E-state index contributed by atoms with van der Waals surface area (Å²) in [6.45, 7) is 0. The second kappa shape index (κ2) is 6.02. The zero-order valence-corrected chi connectivity index (χ0v) is 12.2. The van der Waals surface area contributed by atoms with Crippen LogP contribution in [-0.2, 0) is 0 Å². The first-order valence-electron chi connectivity index (χ1n) is 5.38. The Morgan fingerprint density at radius 1 is 1.20 bits per heavy atom. The summed E-state index contributed by atoms with van der Waals surface area (Å²) in [5.41, 5.74) is -0.0735. The molecule has 20 heavy (non-hydrogen) atoms. The molecule has 0 aliphatic carbocycles. The van der Waals surface area contributed by atoms with Gasteiger partial charge >= 0.3 is 5.69 Å². The van der Waals surface area contributed by atoms with Crippen molar-refractivity contribution in [3.63, 3.8) is 0 Å². The van der Waals surface area contributed by atoms with Crippen LogP contribution in [0.4, 0.5) is 5.69 Å². The van der Waals surface area contributed by atoms with Crippen LogP contribution in [0, 0.1) is 10.1 Å². The van der Waals surface area contributed by atoms with Gasteiger partial charge in [0.25, 0.3) is 0 Å². The lowest BCUT2D eigenvalue weighted by molar-refractivity contribution is -0.385. The highest BCUT2D eigenvalue weighted by atomic mass is 79.9. The van der Waals surface area contributed by atoms with Gasteiger partial charge in [-0.1, -0.05) is 11.6 Å². The molecule has 0 saturated carbocycles. The van der Waals surface area contributed by atoms with E-state index >= 15 is 0 Å². The molecule has 2 aromatic carbocycles. The summed E-state index contributed by atoms with van der Waals surface area (Å²) in [5, 5.41) is 11.5. The molecule has 0 unspecified atom stereocenters. The first kappa shape index (κ1) is 14.5. The van der Waals surface area contributed by atoms with Gasteiger partial charge in [0.15, 0.2) is 0 Å². The van der Waals surface area contributed by atoms with Crippen molar-refractivity contribution in [1.82, 2.24) is 0 Å². The Morgan fingerprint density at radius 3 is 2.50 bits per heavy atom. The minimum atomic E-state index is -0.605. The maximum absolute atomic E-state index is 11.0. The molecule has 0 atom stereocenters. The van der Waals surface area contributed by atoms with Gasteiger partial charge in [0.2, 0.25) is 5.75 Å². The van der Waals surface area contributed by atoms with Crippen LogP contribution in [0.15, 0.2) is 40.9 Å². The van der Waals surface area contributed by atoms with E-state index in [1.54, 1.807) is 18.2 Å². The monoisotopic (exact) mass is 355 g/mol. The topological polar surface area (TPSA) is 69.4 Å². The number of ether oxygens (including phenoxy) is 1. The number of carbonyl (C=O) groups excluding carboxylic acids is 1. The van der Waals surface area contributed by atoms with Crippen molar-refractivity contribution in [2.75, 3.05) is 0 Å². The molecule has 5 nitrogen and oxygen atoms in total. The van der Waals surface area contributed by atoms with Crippen molar-refractivity contribution in [1.29, 1.82) is 0 Å². The average molecular weight is 357 g/mol. The number of benzene rings is 2. The minimum absolute atomic E-state index is 0.0450. The highest BCUT2D eigenvalue weighted by Crippen LogP contribution is 2.36. The molecule has 0 amide bonds. The number of halogens is 2. The largest absolute Gasteiger partial charge is 0.449 e. The maximum Gasteiger partial charge on any atom is 0.312 e. The molecule has 0 aromatic heterocycles. The smallest absolute Gasteiger partial charge is 0.312 e. The first-order chi connectivity index (χ1) is 9.51. The van der Waals surface area contributed by atoms with Gasteiger partial charge in [-0.2, -0.15) is 0 Å². The van der Waals surface area contributed by atoms with Crippen LogP contribution in [0.2, 0.25) is 5.02 Å². The van der Waals surface area contributed by atoms with Crippen LogP contribution < -0.4 is 4.74 Å².